The van der Waals surface area contributed by atoms with Crippen LogP contribution in [-0.2, 0) is 4.74 Å². The fourth-order valence-electron chi connectivity index (χ4n) is 3.31. The summed E-state index contributed by atoms with van der Waals surface area (Å²) in [5, 5.41) is 10.0. The highest BCUT2D eigenvalue weighted by Crippen LogP contribution is 2.34. The molecule has 2 atom stereocenters. The van der Waals surface area contributed by atoms with Gasteiger partial charge < -0.3 is 9.72 Å². The van der Waals surface area contributed by atoms with Crippen molar-refractivity contribution in [1.29, 1.82) is 5.26 Å². The van der Waals surface area contributed by atoms with E-state index < -0.39 is 0 Å². The summed E-state index contributed by atoms with van der Waals surface area (Å²) in [7, 11) is 0. The number of fused-ring (bicyclic) bond motifs is 3. The zero-order valence-electron chi connectivity index (χ0n) is 12.3. The van der Waals surface area contributed by atoms with Crippen molar-refractivity contribution in [3.63, 3.8) is 0 Å². The van der Waals surface area contributed by atoms with Crippen molar-refractivity contribution < 1.29 is 4.74 Å². The molecule has 1 aliphatic heterocycles. The molecule has 0 saturated carbocycles. The van der Waals surface area contributed by atoms with Gasteiger partial charge in [0, 0.05) is 17.9 Å². The van der Waals surface area contributed by atoms with Gasteiger partial charge in [0.2, 0.25) is 0 Å². The summed E-state index contributed by atoms with van der Waals surface area (Å²) in [4.78, 5) is 12.6. The third-order valence-electron chi connectivity index (χ3n) is 4.39. The summed E-state index contributed by atoms with van der Waals surface area (Å²) in [6.45, 7) is 2.88. The molecule has 0 radical (unpaired) electrons. The number of aromatic amines is 1. The topological polar surface area (TPSA) is 74.6 Å². The van der Waals surface area contributed by atoms with Crippen molar-refractivity contribution in [2.75, 3.05) is 6.61 Å². The summed E-state index contributed by atoms with van der Waals surface area (Å²) in [5.41, 5.74) is 4.48. The summed E-state index contributed by atoms with van der Waals surface area (Å²) in [6.07, 6.45) is 3.92. The smallest absolute Gasteiger partial charge is 0.0995 e. The summed E-state index contributed by atoms with van der Waals surface area (Å²) < 4.78 is 5.65. The van der Waals surface area contributed by atoms with Gasteiger partial charge in [0.25, 0.3) is 0 Å². The van der Waals surface area contributed by atoms with Gasteiger partial charge in [-0.1, -0.05) is 0 Å². The first kappa shape index (κ1) is 13.2. The van der Waals surface area contributed by atoms with Crippen LogP contribution < -0.4 is 0 Å². The van der Waals surface area contributed by atoms with E-state index >= 15 is 0 Å². The lowest BCUT2D eigenvalue weighted by Gasteiger charge is -2.27. The van der Waals surface area contributed by atoms with Gasteiger partial charge in [-0.2, -0.15) is 5.26 Å². The number of pyridine rings is 1. The predicted octanol–water partition coefficient (Wildman–Crippen LogP) is 3.27. The number of nitrogens with one attached hydrogen (secondary N) is 1. The largest absolute Gasteiger partial charge is 0.378 e. The molecule has 0 spiro atoms. The van der Waals surface area contributed by atoms with Gasteiger partial charge in [0.1, 0.15) is 0 Å². The molecule has 1 fully saturated rings. The number of nitrogens with zero attached hydrogens (tertiary/aromatic N) is 3. The lowest BCUT2D eigenvalue weighted by molar-refractivity contribution is 0.0182. The fourth-order valence-corrected chi connectivity index (χ4v) is 3.31. The third-order valence-corrected chi connectivity index (χ3v) is 4.39. The molecule has 5 nitrogen and oxygen atoms in total. The Balaban J connectivity index is 1.95. The van der Waals surface area contributed by atoms with Gasteiger partial charge in [0.15, 0.2) is 0 Å². The second-order valence-electron chi connectivity index (χ2n) is 5.87. The highest BCUT2D eigenvalue weighted by Gasteiger charge is 2.25. The van der Waals surface area contributed by atoms with Crippen molar-refractivity contribution in [1.82, 2.24) is 15.0 Å². The lowest BCUT2D eigenvalue weighted by atomic mass is 9.91. The van der Waals surface area contributed by atoms with E-state index in [0.29, 0.717) is 11.5 Å². The van der Waals surface area contributed by atoms with E-state index in [1.807, 2.05) is 18.2 Å². The highest BCUT2D eigenvalue weighted by atomic mass is 16.5. The number of hydrogen-bond donors (Lipinski definition) is 1. The van der Waals surface area contributed by atoms with Crippen molar-refractivity contribution in [3.05, 3.63) is 35.8 Å². The van der Waals surface area contributed by atoms with Crippen LogP contribution in [0.2, 0.25) is 0 Å². The molecule has 22 heavy (non-hydrogen) atoms. The summed E-state index contributed by atoms with van der Waals surface area (Å²) in [5.74, 6) is 0.381. The molecule has 2 aromatic heterocycles. The van der Waals surface area contributed by atoms with Crippen LogP contribution in [0.3, 0.4) is 0 Å². The second-order valence-corrected chi connectivity index (χ2v) is 5.87. The summed E-state index contributed by atoms with van der Waals surface area (Å²) >= 11 is 0. The molecule has 4 rings (SSSR count). The van der Waals surface area contributed by atoms with Crippen molar-refractivity contribution in [3.8, 4) is 6.07 Å². The Morgan fingerprint density at radius 2 is 2.32 bits per heavy atom. The number of imidazole rings is 1. The highest BCUT2D eigenvalue weighted by molar-refractivity contribution is 6.03. The van der Waals surface area contributed by atoms with Crippen LogP contribution in [0.5, 0.6) is 0 Å². The minimum Gasteiger partial charge on any atom is -0.378 e. The van der Waals surface area contributed by atoms with Crippen LogP contribution in [0.1, 0.15) is 36.9 Å². The Morgan fingerprint density at radius 1 is 1.41 bits per heavy atom. The standard InChI is InChI=1S/C17H16N4O/c1-10-6-12(4-5-22-10)15-17-16(19-9-20-17)13-7-11(8-18)2-3-14(13)21-15/h2-3,7,9-10,12H,4-6H2,1H3,(H,19,20)/t10-,12-/m1/s1. The van der Waals surface area contributed by atoms with E-state index in [1.54, 1.807) is 6.33 Å². The Hall–Kier alpha value is -2.45. The average molecular weight is 292 g/mol. The van der Waals surface area contributed by atoms with E-state index in [0.717, 1.165) is 47.1 Å². The first-order valence-corrected chi connectivity index (χ1v) is 7.54. The first-order chi connectivity index (χ1) is 10.8. The molecule has 0 aliphatic carbocycles. The van der Waals surface area contributed by atoms with Gasteiger partial charge in [-0.05, 0) is 38.0 Å². The molecule has 1 aromatic carbocycles. The maximum atomic E-state index is 9.09. The molecule has 3 heterocycles. The number of aromatic nitrogens is 3. The molecule has 1 aliphatic rings. The van der Waals surface area contributed by atoms with E-state index in [-0.39, 0.29) is 6.10 Å². The van der Waals surface area contributed by atoms with Crippen molar-refractivity contribution in [2.24, 2.45) is 0 Å². The first-order valence-electron chi connectivity index (χ1n) is 7.54. The number of benzene rings is 1. The monoisotopic (exact) mass is 292 g/mol. The van der Waals surface area contributed by atoms with Gasteiger partial charge >= 0.3 is 0 Å². The van der Waals surface area contributed by atoms with E-state index in [4.69, 9.17) is 15.0 Å². The third kappa shape index (κ3) is 2.04. The molecule has 5 heteroatoms. The van der Waals surface area contributed by atoms with E-state index in [9.17, 15) is 0 Å². The Kier molecular flexibility index (Phi) is 3.05. The molecule has 1 saturated heterocycles. The molecule has 0 unspecified atom stereocenters. The minimum atomic E-state index is 0.259. The van der Waals surface area contributed by atoms with Crippen LogP contribution in [0, 0.1) is 11.3 Å². The number of hydrogen-bond acceptors (Lipinski definition) is 4. The molecular formula is C17H16N4O. The summed E-state index contributed by atoms with van der Waals surface area (Å²) in [6, 6.07) is 7.76. The SMILES string of the molecule is C[C@@H]1C[C@H](c2nc3ccc(C#N)cc3c3nc[nH]c23)CCO1. The average Bonchev–Trinajstić information content (AvgIpc) is 3.03. The van der Waals surface area contributed by atoms with Crippen LogP contribution >= 0.6 is 0 Å². The normalized spacial score (nSPS) is 22.0. The van der Waals surface area contributed by atoms with Gasteiger partial charge in [-0.15, -0.1) is 0 Å². The van der Waals surface area contributed by atoms with Crippen molar-refractivity contribution >= 4 is 21.9 Å². The van der Waals surface area contributed by atoms with Crippen LogP contribution in [0.4, 0.5) is 0 Å². The fraction of sp³-hybridized carbons (Fsp3) is 0.353. The van der Waals surface area contributed by atoms with Crippen LogP contribution in [0.15, 0.2) is 24.5 Å². The van der Waals surface area contributed by atoms with Crippen molar-refractivity contribution in [2.45, 2.75) is 31.8 Å². The quantitative estimate of drug-likeness (QED) is 0.747. The Labute approximate surface area is 127 Å². The van der Waals surface area contributed by atoms with Crippen LogP contribution in [-0.4, -0.2) is 27.7 Å². The molecule has 1 N–H and O–H groups in total. The lowest BCUT2D eigenvalue weighted by Crippen LogP contribution is -2.22. The van der Waals surface area contributed by atoms with Crippen LogP contribution in [0.25, 0.3) is 21.9 Å². The second kappa shape index (κ2) is 5.08. The predicted molar refractivity (Wildman–Crippen MR) is 83.5 cm³/mol. The molecule has 3 aromatic rings. The van der Waals surface area contributed by atoms with E-state index in [1.165, 1.54) is 0 Å². The van der Waals surface area contributed by atoms with Gasteiger partial charge in [-0.3, -0.25) is 4.98 Å². The minimum absolute atomic E-state index is 0.259. The number of H-pyrrole nitrogens is 1. The van der Waals surface area contributed by atoms with Gasteiger partial charge in [0.05, 0.1) is 46.3 Å². The van der Waals surface area contributed by atoms with E-state index in [2.05, 4.69) is 23.0 Å². The molecule has 0 amide bonds. The number of ether oxygens (including phenoxy) is 1. The Morgan fingerprint density at radius 3 is 3.14 bits per heavy atom. The maximum absolute atomic E-state index is 9.09. The molecule has 0 bridgehead atoms. The maximum Gasteiger partial charge on any atom is 0.0995 e. The zero-order valence-corrected chi connectivity index (χ0v) is 12.3. The zero-order chi connectivity index (χ0) is 15.1. The Bertz CT molecular complexity index is 893. The molecular weight excluding hydrogens is 276 g/mol. The number of nitriles is 1. The number of rotatable bonds is 1. The molecule has 110 valence electrons. The van der Waals surface area contributed by atoms with Gasteiger partial charge in [-0.25, -0.2) is 4.98 Å².